The first kappa shape index (κ1) is 20.4. The number of nitrogens with zero attached hydrogens (tertiary/aromatic N) is 4. The number of fused-ring (bicyclic) bond motifs is 4. The van der Waals surface area contributed by atoms with Crippen LogP contribution in [0.25, 0.3) is 11.3 Å². The molecule has 1 unspecified atom stereocenters. The fourth-order valence-corrected chi connectivity index (χ4v) is 4.43. The van der Waals surface area contributed by atoms with E-state index < -0.39 is 6.10 Å². The summed E-state index contributed by atoms with van der Waals surface area (Å²) in [4.78, 5) is 26.4. The molecule has 164 valence electrons. The highest BCUT2D eigenvalue weighted by atomic mass is 16.3. The molecular weight excluding hydrogens is 406 g/mol. The molecule has 8 heteroatoms. The molecule has 2 aromatic heterocycles. The van der Waals surface area contributed by atoms with Gasteiger partial charge in [-0.05, 0) is 42.3 Å². The minimum atomic E-state index is -0.795. The smallest absolute Gasteiger partial charge is 0.329 e. The molecule has 3 aromatic rings. The standard InChI is InChI=1S/C24H25N5O3/c30-15-19(31)13-16-4-3-5-17(12-16)20-7-8-21-23(26-20)29(18-9-11-28(21)14-18)24(32)27-22-6-1-2-10-25-22/h1-8,10,12,18-19,30-31H,9,11,13-15H2,(H,25,27,32)/t18-,19?/m0/s1. The molecule has 1 saturated heterocycles. The van der Waals surface area contributed by atoms with Crippen molar-refractivity contribution >= 4 is 23.4 Å². The summed E-state index contributed by atoms with van der Waals surface area (Å²) in [6, 6.07) is 17.0. The van der Waals surface area contributed by atoms with Crippen LogP contribution in [0.15, 0.2) is 60.8 Å². The third-order valence-electron chi connectivity index (χ3n) is 5.98. The molecule has 2 atom stereocenters. The number of amides is 2. The van der Waals surface area contributed by atoms with E-state index >= 15 is 0 Å². The second-order valence-corrected chi connectivity index (χ2v) is 8.18. The number of hydrogen-bond acceptors (Lipinski definition) is 6. The van der Waals surface area contributed by atoms with Crippen molar-refractivity contribution in [3.63, 3.8) is 0 Å². The van der Waals surface area contributed by atoms with Crippen LogP contribution in [0, 0.1) is 0 Å². The van der Waals surface area contributed by atoms with Gasteiger partial charge < -0.3 is 15.1 Å². The number of aliphatic hydroxyl groups is 2. The summed E-state index contributed by atoms with van der Waals surface area (Å²) in [5.74, 6) is 1.15. The Morgan fingerprint density at radius 3 is 2.91 bits per heavy atom. The van der Waals surface area contributed by atoms with Crippen LogP contribution in [0.5, 0.6) is 0 Å². The number of aromatic nitrogens is 2. The zero-order chi connectivity index (χ0) is 22.1. The van der Waals surface area contributed by atoms with Gasteiger partial charge in [-0.15, -0.1) is 0 Å². The highest BCUT2D eigenvalue weighted by Crippen LogP contribution is 2.40. The van der Waals surface area contributed by atoms with Gasteiger partial charge in [0.05, 0.1) is 30.1 Å². The van der Waals surface area contributed by atoms with Crippen molar-refractivity contribution in [3.05, 3.63) is 66.4 Å². The summed E-state index contributed by atoms with van der Waals surface area (Å²) in [6.45, 7) is 1.40. The maximum atomic E-state index is 13.2. The molecule has 3 N–H and O–H groups in total. The van der Waals surface area contributed by atoms with Crippen LogP contribution in [0.4, 0.5) is 22.1 Å². The van der Waals surface area contributed by atoms with Crippen LogP contribution in [0.3, 0.4) is 0 Å². The van der Waals surface area contributed by atoms with Crippen LogP contribution >= 0.6 is 0 Å². The molecule has 0 saturated carbocycles. The molecular formula is C24H25N5O3. The lowest BCUT2D eigenvalue weighted by molar-refractivity contribution is 0.0955. The van der Waals surface area contributed by atoms with Crippen molar-refractivity contribution < 1.29 is 15.0 Å². The lowest BCUT2D eigenvalue weighted by atomic mass is 10.0. The molecule has 0 radical (unpaired) electrons. The summed E-state index contributed by atoms with van der Waals surface area (Å²) in [5, 5.41) is 21.8. The number of pyridine rings is 2. The average Bonchev–Trinajstić information content (AvgIpc) is 3.23. The first-order valence-corrected chi connectivity index (χ1v) is 10.8. The van der Waals surface area contributed by atoms with E-state index in [4.69, 9.17) is 10.1 Å². The fourth-order valence-electron chi connectivity index (χ4n) is 4.43. The van der Waals surface area contributed by atoms with E-state index in [9.17, 15) is 9.90 Å². The molecule has 0 spiro atoms. The zero-order valence-electron chi connectivity index (χ0n) is 17.6. The van der Waals surface area contributed by atoms with Crippen LogP contribution < -0.4 is 15.1 Å². The van der Waals surface area contributed by atoms with Crippen molar-refractivity contribution in [2.24, 2.45) is 0 Å². The van der Waals surface area contributed by atoms with Crippen molar-refractivity contribution in [3.8, 4) is 11.3 Å². The van der Waals surface area contributed by atoms with E-state index in [1.54, 1.807) is 17.2 Å². The predicted molar refractivity (Wildman–Crippen MR) is 123 cm³/mol. The summed E-state index contributed by atoms with van der Waals surface area (Å²) < 4.78 is 0. The Morgan fingerprint density at radius 2 is 2.09 bits per heavy atom. The molecule has 2 aliphatic rings. The van der Waals surface area contributed by atoms with Crippen LogP contribution in [-0.4, -0.2) is 58.1 Å². The molecule has 1 fully saturated rings. The number of hydrogen-bond donors (Lipinski definition) is 3. The molecule has 2 aliphatic heterocycles. The number of benzene rings is 1. The minimum absolute atomic E-state index is 0.0556. The number of carbonyl (C=O) groups excluding carboxylic acids is 1. The Hall–Kier alpha value is -3.49. The molecule has 32 heavy (non-hydrogen) atoms. The van der Waals surface area contributed by atoms with Crippen LogP contribution in [0.1, 0.15) is 12.0 Å². The largest absolute Gasteiger partial charge is 0.394 e. The third kappa shape index (κ3) is 3.90. The Labute approximate surface area is 186 Å². The van der Waals surface area contributed by atoms with Gasteiger partial charge in [-0.2, -0.15) is 0 Å². The third-order valence-corrected chi connectivity index (χ3v) is 5.98. The van der Waals surface area contributed by atoms with Gasteiger partial charge in [0.1, 0.15) is 5.82 Å². The highest BCUT2D eigenvalue weighted by Gasteiger charge is 2.40. The Morgan fingerprint density at radius 1 is 1.19 bits per heavy atom. The minimum Gasteiger partial charge on any atom is -0.394 e. The van der Waals surface area contributed by atoms with E-state index in [0.717, 1.165) is 42.0 Å². The molecule has 2 bridgehead atoms. The summed E-state index contributed by atoms with van der Waals surface area (Å²) >= 11 is 0. The van der Waals surface area contributed by atoms with Crippen LogP contribution in [0.2, 0.25) is 0 Å². The topological polar surface area (TPSA) is 102 Å². The lowest BCUT2D eigenvalue weighted by Crippen LogP contribution is -2.48. The average molecular weight is 431 g/mol. The summed E-state index contributed by atoms with van der Waals surface area (Å²) in [7, 11) is 0. The van der Waals surface area contributed by atoms with Gasteiger partial charge in [-0.3, -0.25) is 10.2 Å². The van der Waals surface area contributed by atoms with Crippen molar-refractivity contribution in [2.45, 2.75) is 25.0 Å². The van der Waals surface area contributed by atoms with Gasteiger partial charge >= 0.3 is 6.03 Å². The molecule has 0 aliphatic carbocycles. The first-order chi connectivity index (χ1) is 15.6. The van der Waals surface area contributed by atoms with E-state index in [0.29, 0.717) is 18.1 Å². The first-order valence-electron chi connectivity index (χ1n) is 10.8. The van der Waals surface area contributed by atoms with E-state index in [2.05, 4.69) is 15.2 Å². The maximum absolute atomic E-state index is 13.2. The normalized spacial score (nSPS) is 17.8. The van der Waals surface area contributed by atoms with Gasteiger partial charge in [-0.1, -0.05) is 24.3 Å². The van der Waals surface area contributed by atoms with Gasteiger partial charge in [-0.25, -0.2) is 14.8 Å². The van der Waals surface area contributed by atoms with Crippen molar-refractivity contribution in [2.75, 3.05) is 34.8 Å². The number of urea groups is 1. The quantitative estimate of drug-likeness (QED) is 0.574. The van der Waals surface area contributed by atoms with Crippen molar-refractivity contribution in [1.29, 1.82) is 0 Å². The number of carbonyl (C=O) groups is 1. The van der Waals surface area contributed by atoms with Crippen LogP contribution in [-0.2, 0) is 6.42 Å². The van der Waals surface area contributed by atoms with E-state index in [1.807, 2.05) is 48.5 Å². The Kier molecular flexibility index (Phi) is 5.46. The van der Waals surface area contributed by atoms with Crippen molar-refractivity contribution in [1.82, 2.24) is 9.97 Å². The molecule has 8 nitrogen and oxygen atoms in total. The van der Waals surface area contributed by atoms with Gasteiger partial charge in [0, 0.05) is 31.3 Å². The second-order valence-electron chi connectivity index (χ2n) is 8.18. The Balaban J connectivity index is 1.48. The van der Waals surface area contributed by atoms with Gasteiger partial charge in [0.25, 0.3) is 0 Å². The molecule has 1 aromatic carbocycles. The lowest BCUT2D eigenvalue weighted by Gasteiger charge is -2.35. The van der Waals surface area contributed by atoms with E-state index in [1.165, 1.54) is 0 Å². The van der Waals surface area contributed by atoms with Gasteiger partial charge in [0.2, 0.25) is 0 Å². The monoisotopic (exact) mass is 431 g/mol. The fraction of sp³-hybridized carbons (Fsp3) is 0.292. The number of aliphatic hydroxyl groups excluding tert-OH is 2. The summed E-state index contributed by atoms with van der Waals surface area (Å²) in [6.07, 6.45) is 2.10. The number of rotatable bonds is 5. The van der Waals surface area contributed by atoms with E-state index in [-0.39, 0.29) is 18.7 Å². The maximum Gasteiger partial charge on any atom is 0.329 e. The molecule has 2 amide bonds. The zero-order valence-corrected chi connectivity index (χ0v) is 17.6. The SMILES string of the molecule is O=C(Nc1ccccn1)N1c2nc(-c3cccc(CC(O)CO)c3)ccc2N2CC[C@H]1C2. The second kappa shape index (κ2) is 8.57. The number of nitrogens with one attached hydrogen (secondary N) is 1. The Bertz CT molecular complexity index is 1120. The highest BCUT2D eigenvalue weighted by molar-refractivity contribution is 6.04. The predicted octanol–water partition coefficient (Wildman–Crippen LogP) is 2.67. The molecule has 5 rings (SSSR count). The summed E-state index contributed by atoms with van der Waals surface area (Å²) in [5.41, 5.74) is 3.51. The number of anilines is 3. The van der Waals surface area contributed by atoms with Gasteiger partial charge in [0.15, 0.2) is 5.82 Å². The molecule has 4 heterocycles.